The van der Waals surface area contributed by atoms with Crippen molar-refractivity contribution in [3.63, 3.8) is 0 Å². The Morgan fingerprint density at radius 3 is 2.53 bits per heavy atom. The molecule has 2 aromatic carbocycles. The van der Waals surface area contributed by atoms with Gasteiger partial charge in [0.05, 0.1) is 17.3 Å². The van der Waals surface area contributed by atoms with E-state index in [2.05, 4.69) is 10.6 Å². The smallest absolute Gasteiger partial charge is 0.255 e. The first-order valence-corrected chi connectivity index (χ1v) is 10.4. The molecule has 7 nitrogen and oxygen atoms in total. The number of piperazine rings is 1. The van der Waals surface area contributed by atoms with Crippen molar-refractivity contribution >= 4 is 46.4 Å². The largest absolute Gasteiger partial charge is 0.359 e. The molecule has 2 saturated heterocycles. The van der Waals surface area contributed by atoms with Crippen molar-refractivity contribution < 1.29 is 14.4 Å². The third kappa shape index (κ3) is 4.41. The van der Waals surface area contributed by atoms with Gasteiger partial charge in [0, 0.05) is 43.0 Å². The van der Waals surface area contributed by atoms with Crippen LogP contribution in [-0.4, -0.2) is 43.9 Å². The lowest BCUT2D eigenvalue weighted by molar-refractivity contribution is -0.120. The number of rotatable bonds is 4. The van der Waals surface area contributed by atoms with Crippen molar-refractivity contribution in [2.75, 3.05) is 41.3 Å². The molecule has 3 amide bonds. The number of hydrogen-bond acceptors (Lipinski definition) is 4. The van der Waals surface area contributed by atoms with Crippen molar-refractivity contribution in [1.29, 1.82) is 0 Å². The Morgan fingerprint density at radius 2 is 1.83 bits per heavy atom. The Balaban J connectivity index is 1.42. The zero-order valence-corrected chi connectivity index (χ0v) is 17.2. The van der Waals surface area contributed by atoms with Gasteiger partial charge in [-0.2, -0.15) is 0 Å². The van der Waals surface area contributed by atoms with Gasteiger partial charge in [-0.25, -0.2) is 0 Å². The fourth-order valence-electron chi connectivity index (χ4n) is 3.76. The van der Waals surface area contributed by atoms with E-state index in [0.717, 1.165) is 24.2 Å². The van der Waals surface area contributed by atoms with E-state index in [0.29, 0.717) is 42.3 Å². The molecule has 2 aromatic rings. The molecular weight excluding hydrogens is 404 g/mol. The highest BCUT2D eigenvalue weighted by atomic mass is 35.5. The molecule has 2 heterocycles. The second kappa shape index (κ2) is 8.75. The normalized spacial score (nSPS) is 17.0. The van der Waals surface area contributed by atoms with Crippen molar-refractivity contribution in [2.24, 2.45) is 0 Å². The van der Waals surface area contributed by atoms with Gasteiger partial charge in [-0.05, 0) is 55.3 Å². The van der Waals surface area contributed by atoms with Crippen LogP contribution in [0.3, 0.4) is 0 Å². The van der Waals surface area contributed by atoms with E-state index in [-0.39, 0.29) is 24.3 Å². The summed E-state index contributed by atoms with van der Waals surface area (Å²) in [6.45, 7) is 2.24. The molecule has 8 heteroatoms. The first-order chi connectivity index (χ1) is 14.5. The van der Waals surface area contributed by atoms with E-state index < -0.39 is 0 Å². The molecule has 30 heavy (non-hydrogen) atoms. The maximum absolute atomic E-state index is 12.6. The third-order valence-electron chi connectivity index (χ3n) is 5.35. The van der Waals surface area contributed by atoms with Crippen molar-refractivity contribution in [2.45, 2.75) is 19.3 Å². The van der Waals surface area contributed by atoms with E-state index in [1.165, 1.54) is 0 Å². The molecular formula is C22H23ClN4O3. The Bertz CT molecular complexity index is 977. The first kappa shape index (κ1) is 20.2. The number of hydrogen-bond donors (Lipinski definition) is 2. The number of carbonyl (C=O) groups excluding carboxylic acids is 3. The molecule has 0 spiro atoms. The van der Waals surface area contributed by atoms with Gasteiger partial charge < -0.3 is 20.4 Å². The number of anilines is 3. The maximum Gasteiger partial charge on any atom is 0.255 e. The van der Waals surface area contributed by atoms with E-state index >= 15 is 0 Å². The number of carbonyl (C=O) groups is 3. The highest BCUT2D eigenvalue weighted by molar-refractivity contribution is 6.33. The van der Waals surface area contributed by atoms with E-state index in [1.54, 1.807) is 41.3 Å². The molecule has 0 aliphatic carbocycles. The number of nitrogens with zero attached hydrogens (tertiary/aromatic N) is 2. The van der Waals surface area contributed by atoms with Crippen LogP contribution in [0.25, 0.3) is 0 Å². The highest BCUT2D eigenvalue weighted by Gasteiger charge is 2.21. The molecule has 2 aliphatic rings. The van der Waals surface area contributed by atoms with Gasteiger partial charge in [0.25, 0.3) is 5.91 Å². The average molecular weight is 427 g/mol. The Kier molecular flexibility index (Phi) is 5.90. The number of amides is 3. The summed E-state index contributed by atoms with van der Waals surface area (Å²) in [6, 6.07) is 12.3. The lowest BCUT2D eigenvalue weighted by Gasteiger charge is -2.29. The zero-order chi connectivity index (χ0) is 21.1. The van der Waals surface area contributed by atoms with Gasteiger partial charge in [0.2, 0.25) is 11.8 Å². The summed E-state index contributed by atoms with van der Waals surface area (Å²) < 4.78 is 0. The van der Waals surface area contributed by atoms with Gasteiger partial charge in [0.1, 0.15) is 0 Å². The van der Waals surface area contributed by atoms with Crippen LogP contribution in [0.1, 0.15) is 29.6 Å². The van der Waals surface area contributed by atoms with Crippen molar-refractivity contribution in [1.82, 2.24) is 5.32 Å². The molecule has 2 fully saturated rings. The summed E-state index contributed by atoms with van der Waals surface area (Å²) in [4.78, 5) is 39.9. The minimum absolute atomic E-state index is 0.0376. The van der Waals surface area contributed by atoms with Gasteiger partial charge >= 0.3 is 0 Å². The number of benzene rings is 2. The quantitative estimate of drug-likeness (QED) is 0.787. The van der Waals surface area contributed by atoms with Crippen molar-refractivity contribution in [3.05, 3.63) is 53.1 Å². The molecule has 4 rings (SSSR count). The van der Waals surface area contributed by atoms with Crippen LogP contribution < -0.4 is 20.4 Å². The van der Waals surface area contributed by atoms with Gasteiger partial charge in [-0.15, -0.1) is 0 Å². The third-order valence-corrected chi connectivity index (χ3v) is 5.65. The number of halogens is 1. The molecule has 0 unspecified atom stereocenters. The van der Waals surface area contributed by atoms with Crippen LogP contribution >= 0.6 is 11.6 Å². The minimum Gasteiger partial charge on any atom is -0.359 e. The first-order valence-electron chi connectivity index (χ1n) is 10.0. The molecule has 2 aliphatic heterocycles. The Labute approximate surface area is 180 Å². The molecule has 0 bridgehead atoms. The molecule has 0 saturated carbocycles. The molecule has 0 atom stereocenters. The second-order valence-corrected chi connectivity index (χ2v) is 7.85. The Hall–Kier alpha value is -3.06. The van der Waals surface area contributed by atoms with Crippen LogP contribution in [0.4, 0.5) is 17.1 Å². The van der Waals surface area contributed by atoms with Crippen LogP contribution in [0.15, 0.2) is 42.5 Å². The SMILES string of the molecule is O=C1CN(c2ccc(NC(=O)c3ccc(N4CCCCC4=O)cc3)cc2Cl)CCN1. The Morgan fingerprint density at radius 1 is 1.03 bits per heavy atom. The minimum atomic E-state index is -0.257. The van der Waals surface area contributed by atoms with E-state index in [9.17, 15) is 14.4 Å². The topological polar surface area (TPSA) is 81.8 Å². The molecule has 0 aromatic heterocycles. The van der Waals surface area contributed by atoms with Crippen molar-refractivity contribution in [3.8, 4) is 0 Å². The molecule has 2 N–H and O–H groups in total. The lowest BCUT2D eigenvalue weighted by atomic mass is 10.1. The maximum atomic E-state index is 12.6. The van der Waals surface area contributed by atoms with E-state index in [4.69, 9.17) is 11.6 Å². The van der Waals surface area contributed by atoms with Crippen LogP contribution in [0.2, 0.25) is 5.02 Å². The average Bonchev–Trinajstić information content (AvgIpc) is 2.74. The summed E-state index contributed by atoms with van der Waals surface area (Å²) in [7, 11) is 0. The summed E-state index contributed by atoms with van der Waals surface area (Å²) in [5, 5.41) is 6.10. The monoisotopic (exact) mass is 426 g/mol. The number of piperidine rings is 1. The van der Waals surface area contributed by atoms with Crippen LogP contribution in [0, 0.1) is 0 Å². The predicted molar refractivity (Wildman–Crippen MR) is 117 cm³/mol. The number of nitrogens with one attached hydrogen (secondary N) is 2. The van der Waals surface area contributed by atoms with Crippen LogP contribution in [0.5, 0.6) is 0 Å². The summed E-state index contributed by atoms with van der Waals surface area (Å²) >= 11 is 6.40. The van der Waals surface area contributed by atoms with Gasteiger partial charge in [0.15, 0.2) is 0 Å². The lowest BCUT2D eigenvalue weighted by Crippen LogP contribution is -2.47. The molecule has 156 valence electrons. The summed E-state index contributed by atoms with van der Waals surface area (Å²) in [5.74, 6) is -0.170. The summed E-state index contributed by atoms with van der Waals surface area (Å²) in [5.41, 5.74) is 2.65. The predicted octanol–water partition coefficient (Wildman–Crippen LogP) is 3.05. The van der Waals surface area contributed by atoms with Crippen LogP contribution in [-0.2, 0) is 9.59 Å². The fourth-order valence-corrected chi connectivity index (χ4v) is 4.06. The highest BCUT2D eigenvalue weighted by Crippen LogP contribution is 2.29. The fraction of sp³-hybridized carbons (Fsp3) is 0.318. The zero-order valence-electron chi connectivity index (χ0n) is 16.5. The molecule has 0 radical (unpaired) electrons. The standard InChI is InChI=1S/C22H23ClN4O3/c23-18-13-16(6-9-19(18)26-12-10-24-20(28)14-26)25-22(30)15-4-7-17(8-5-15)27-11-2-1-3-21(27)29/h4-9,13H,1-3,10-12,14H2,(H,24,28)(H,25,30). The van der Waals surface area contributed by atoms with Gasteiger partial charge in [-0.1, -0.05) is 11.6 Å². The van der Waals surface area contributed by atoms with E-state index in [1.807, 2.05) is 11.0 Å². The second-order valence-electron chi connectivity index (χ2n) is 7.44. The van der Waals surface area contributed by atoms with Gasteiger partial charge in [-0.3, -0.25) is 14.4 Å². The summed E-state index contributed by atoms with van der Waals surface area (Å²) in [6.07, 6.45) is 2.50.